The highest BCUT2D eigenvalue weighted by Gasteiger charge is 2.15. The third kappa shape index (κ3) is 4.89. The molecule has 3 aromatic rings. The maximum absolute atomic E-state index is 6.54. The fourth-order valence-electron chi connectivity index (χ4n) is 3.45. The molecule has 4 rings (SSSR count). The maximum Gasteiger partial charge on any atom is 0.0544 e. The number of thioether (sulfide) groups is 1. The van der Waals surface area contributed by atoms with Gasteiger partial charge in [0.15, 0.2) is 0 Å². The minimum atomic E-state index is 0. The summed E-state index contributed by atoms with van der Waals surface area (Å²) >= 11 is 8.41. The molecule has 0 spiro atoms. The topological polar surface area (TPSA) is 12.0 Å². The third-order valence-electron chi connectivity index (χ3n) is 4.88. The van der Waals surface area contributed by atoms with Crippen LogP contribution in [0.3, 0.4) is 0 Å². The van der Waals surface area contributed by atoms with E-state index >= 15 is 0 Å². The van der Waals surface area contributed by atoms with Crippen LogP contribution in [0.25, 0.3) is 11.1 Å². The van der Waals surface area contributed by atoms with Gasteiger partial charge in [-0.3, -0.25) is 0 Å². The van der Waals surface area contributed by atoms with Crippen molar-refractivity contribution in [3.8, 4) is 11.1 Å². The fraction of sp³-hybridized carbons (Fsp3) is 0.217. The van der Waals surface area contributed by atoms with Gasteiger partial charge in [-0.1, -0.05) is 72.3 Å². The molecule has 0 aliphatic carbocycles. The van der Waals surface area contributed by atoms with Crippen molar-refractivity contribution in [3.05, 3.63) is 88.4 Å². The van der Waals surface area contributed by atoms with E-state index in [0.29, 0.717) is 0 Å². The Hall–Kier alpha value is -1.45. The first-order valence-corrected chi connectivity index (χ1v) is 10.5. The molecule has 140 valence electrons. The van der Waals surface area contributed by atoms with Gasteiger partial charge >= 0.3 is 0 Å². The van der Waals surface area contributed by atoms with Gasteiger partial charge in [0.1, 0.15) is 0 Å². The molecule has 27 heavy (non-hydrogen) atoms. The fourth-order valence-corrected chi connectivity index (χ4v) is 4.90. The van der Waals surface area contributed by atoms with E-state index in [2.05, 4.69) is 72.0 Å². The summed E-state index contributed by atoms with van der Waals surface area (Å²) in [5.41, 5.74) is 6.73. The lowest BCUT2D eigenvalue weighted by atomic mass is 10.0. The van der Waals surface area contributed by atoms with Crippen LogP contribution in [0.4, 0.5) is 0 Å². The molecule has 0 saturated carbocycles. The Morgan fingerprint density at radius 1 is 0.815 bits per heavy atom. The van der Waals surface area contributed by atoms with Crippen LogP contribution in [-0.2, 0) is 18.6 Å². The molecule has 1 N–H and O–H groups in total. The number of halogens is 2. The van der Waals surface area contributed by atoms with E-state index in [1.54, 1.807) is 0 Å². The largest absolute Gasteiger partial charge is 0.316 e. The second-order valence-electron chi connectivity index (χ2n) is 6.62. The van der Waals surface area contributed by atoms with Gasteiger partial charge in [0.05, 0.1) is 5.02 Å². The van der Waals surface area contributed by atoms with Crippen LogP contribution in [0, 0.1) is 0 Å². The van der Waals surface area contributed by atoms with E-state index < -0.39 is 0 Å². The summed E-state index contributed by atoms with van der Waals surface area (Å²) in [5.74, 6) is 0.943. The number of nitrogens with one attached hydrogen (secondary N) is 1. The average molecular weight is 416 g/mol. The van der Waals surface area contributed by atoms with Crippen molar-refractivity contribution < 1.29 is 0 Å². The summed E-state index contributed by atoms with van der Waals surface area (Å²) < 4.78 is 0. The first kappa shape index (κ1) is 20.3. The molecule has 0 aromatic heterocycles. The van der Waals surface area contributed by atoms with Crippen molar-refractivity contribution in [1.29, 1.82) is 0 Å². The van der Waals surface area contributed by atoms with Gasteiger partial charge in [0, 0.05) is 10.6 Å². The molecule has 4 heteroatoms. The van der Waals surface area contributed by atoms with Crippen molar-refractivity contribution in [2.24, 2.45) is 0 Å². The van der Waals surface area contributed by atoms with E-state index in [-0.39, 0.29) is 12.4 Å². The Bertz CT molecular complexity index is 879. The van der Waals surface area contributed by atoms with E-state index in [1.165, 1.54) is 32.7 Å². The molecule has 0 radical (unpaired) electrons. The SMILES string of the molecule is Cl.Clc1ccc2c(c1SCc1ccc(-c3ccccc3)cc1)CCNCC2. The van der Waals surface area contributed by atoms with Crippen LogP contribution in [0.1, 0.15) is 16.7 Å². The lowest BCUT2D eigenvalue weighted by Crippen LogP contribution is -2.16. The second kappa shape index (κ2) is 9.66. The van der Waals surface area contributed by atoms with Gasteiger partial charge in [0.2, 0.25) is 0 Å². The molecule has 0 atom stereocenters. The van der Waals surface area contributed by atoms with E-state index in [1.807, 2.05) is 11.8 Å². The summed E-state index contributed by atoms with van der Waals surface area (Å²) in [7, 11) is 0. The Labute approximate surface area is 176 Å². The molecular formula is C23H23Cl2NS. The molecule has 1 aliphatic rings. The van der Waals surface area contributed by atoms with Crippen molar-refractivity contribution in [1.82, 2.24) is 5.32 Å². The molecular weight excluding hydrogens is 393 g/mol. The zero-order chi connectivity index (χ0) is 17.8. The Morgan fingerprint density at radius 3 is 2.30 bits per heavy atom. The van der Waals surface area contributed by atoms with Crippen molar-refractivity contribution >= 4 is 35.8 Å². The van der Waals surface area contributed by atoms with Crippen molar-refractivity contribution in [2.75, 3.05) is 13.1 Å². The van der Waals surface area contributed by atoms with Gasteiger partial charge in [-0.05, 0) is 59.8 Å². The van der Waals surface area contributed by atoms with Crippen LogP contribution in [0.15, 0.2) is 71.6 Å². The Balaban J connectivity index is 0.00000210. The van der Waals surface area contributed by atoms with Crippen LogP contribution < -0.4 is 5.32 Å². The molecule has 3 aromatic carbocycles. The van der Waals surface area contributed by atoms with E-state index in [0.717, 1.165) is 36.7 Å². The second-order valence-corrected chi connectivity index (χ2v) is 8.01. The predicted molar refractivity (Wildman–Crippen MR) is 120 cm³/mol. The van der Waals surface area contributed by atoms with Gasteiger partial charge in [-0.15, -0.1) is 24.2 Å². The van der Waals surface area contributed by atoms with Crippen LogP contribution >= 0.6 is 35.8 Å². The molecule has 0 amide bonds. The highest BCUT2D eigenvalue weighted by Crippen LogP contribution is 2.36. The van der Waals surface area contributed by atoms with Crippen LogP contribution in [0.5, 0.6) is 0 Å². The summed E-state index contributed by atoms with van der Waals surface area (Å²) in [4.78, 5) is 1.26. The molecule has 1 aliphatic heterocycles. The van der Waals surface area contributed by atoms with Gasteiger partial charge in [-0.2, -0.15) is 0 Å². The molecule has 0 fully saturated rings. The molecule has 1 nitrogen and oxygen atoms in total. The number of hydrogen-bond acceptors (Lipinski definition) is 2. The third-order valence-corrected chi connectivity index (χ3v) is 6.54. The average Bonchev–Trinajstić information content (AvgIpc) is 2.94. The zero-order valence-corrected chi connectivity index (χ0v) is 17.5. The number of fused-ring (bicyclic) bond motifs is 1. The first-order chi connectivity index (χ1) is 12.8. The first-order valence-electron chi connectivity index (χ1n) is 9.09. The van der Waals surface area contributed by atoms with Gasteiger partial charge in [-0.25, -0.2) is 0 Å². The monoisotopic (exact) mass is 415 g/mol. The van der Waals surface area contributed by atoms with Crippen LogP contribution in [-0.4, -0.2) is 13.1 Å². The quantitative estimate of drug-likeness (QED) is 0.493. The zero-order valence-electron chi connectivity index (χ0n) is 15.1. The smallest absolute Gasteiger partial charge is 0.0544 e. The van der Waals surface area contributed by atoms with Crippen molar-refractivity contribution in [3.63, 3.8) is 0 Å². The Morgan fingerprint density at radius 2 is 1.52 bits per heavy atom. The highest BCUT2D eigenvalue weighted by atomic mass is 35.5. The lowest BCUT2D eigenvalue weighted by molar-refractivity contribution is 0.709. The molecule has 0 saturated heterocycles. The minimum Gasteiger partial charge on any atom is -0.316 e. The van der Waals surface area contributed by atoms with Crippen molar-refractivity contribution in [2.45, 2.75) is 23.5 Å². The normalized spacial score (nSPS) is 13.4. The van der Waals surface area contributed by atoms with Gasteiger partial charge < -0.3 is 5.32 Å². The minimum absolute atomic E-state index is 0. The summed E-state index contributed by atoms with van der Waals surface area (Å²) in [6, 6.07) is 23.7. The molecule has 0 unspecified atom stereocenters. The summed E-state index contributed by atoms with van der Waals surface area (Å²) in [6.07, 6.45) is 2.15. The number of rotatable bonds is 4. The maximum atomic E-state index is 6.54. The summed E-state index contributed by atoms with van der Waals surface area (Å²) in [6.45, 7) is 2.09. The van der Waals surface area contributed by atoms with E-state index in [9.17, 15) is 0 Å². The Kier molecular flexibility index (Phi) is 7.26. The number of hydrogen-bond donors (Lipinski definition) is 1. The summed E-state index contributed by atoms with van der Waals surface area (Å²) in [5, 5.41) is 4.37. The molecule has 1 heterocycles. The van der Waals surface area contributed by atoms with E-state index in [4.69, 9.17) is 11.6 Å². The standard InChI is InChI=1S/C23H22ClNS.ClH/c24-22-11-10-20-12-14-25-15-13-21(20)23(22)26-16-17-6-8-19(9-7-17)18-4-2-1-3-5-18;/h1-11,25H,12-16H2;1H. The van der Waals surface area contributed by atoms with Gasteiger partial charge in [0.25, 0.3) is 0 Å². The predicted octanol–water partition coefficient (Wildman–Crippen LogP) is 6.41. The molecule has 0 bridgehead atoms. The lowest BCUT2D eigenvalue weighted by Gasteiger charge is -2.14. The van der Waals surface area contributed by atoms with Crippen LogP contribution in [0.2, 0.25) is 5.02 Å². The highest BCUT2D eigenvalue weighted by molar-refractivity contribution is 7.98. The number of benzene rings is 3.